The van der Waals surface area contributed by atoms with E-state index in [0.717, 1.165) is 41.5 Å². The Balaban J connectivity index is 1.15. The van der Waals surface area contributed by atoms with E-state index in [0.29, 0.717) is 0 Å². The molecule has 0 N–H and O–H groups in total. The highest BCUT2D eigenvalue weighted by atomic mass is 14.9. The molecule has 0 amide bonds. The van der Waals surface area contributed by atoms with Crippen molar-refractivity contribution in [2.45, 2.75) is 155 Å². The van der Waals surface area contributed by atoms with E-state index in [1.807, 2.05) is 0 Å². The summed E-state index contributed by atoms with van der Waals surface area (Å²) in [5.74, 6) is 4.67. The van der Waals surface area contributed by atoms with Crippen molar-refractivity contribution < 1.29 is 0 Å². The first-order chi connectivity index (χ1) is 19.3. The fourth-order valence-electron chi connectivity index (χ4n) is 7.56. The molecule has 0 bridgehead atoms. The molecular weight excluding hydrogens is 472 g/mol. The lowest BCUT2D eigenvalue weighted by molar-refractivity contribution is 0.155. The minimum atomic E-state index is 0.746. The van der Waals surface area contributed by atoms with E-state index in [9.17, 15) is 0 Å². The summed E-state index contributed by atoms with van der Waals surface area (Å²) in [6.45, 7) is 4.61. The molecule has 0 saturated heterocycles. The Hall–Kier alpha value is -1.70. The lowest BCUT2D eigenvalue weighted by Crippen LogP contribution is -2.25. The molecule has 0 unspecified atom stereocenters. The number of aromatic nitrogens is 2. The summed E-state index contributed by atoms with van der Waals surface area (Å²) in [6, 6.07) is 9.24. The maximum absolute atomic E-state index is 4.72. The molecule has 1 heterocycles. The van der Waals surface area contributed by atoms with E-state index in [4.69, 9.17) is 9.97 Å². The van der Waals surface area contributed by atoms with Crippen LogP contribution in [0.3, 0.4) is 0 Å². The Kier molecular flexibility index (Phi) is 13.3. The van der Waals surface area contributed by atoms with Crippen molar-refractivity contribution >= 4 is 0 Å². The molecule has 39 heavy (non-hydrogen) atoms. The van der Waals surface area contributed by atoms with Gasteiger partial charge in [-0.2, -0.15) is 0 Å². The van der Waals surface area contributed by atoms with E-state index in [1.54, 1.807) is 0 Å². The number of nitrogens with zero attached hydrogens (tertiary/aromatic N) is 2. The van der Waals surface area contributed by atoms with Crippen LogP contribution in [-0.2, 0) is 6.42 Å². The van der Waals surface area contributed by atoms with Gasteiger partial charge in [0.25, 0.3) is 0 Å². The van der Waals surface area contributed by atoms with Crippen LogP contribution < -0.4 is 0 Å². The van der Waals surface area contributed by atoms with Gasteiger partial charge in [-0.1, -0.05) is 122 Å². The number of aryl methyl sites for hydroxylation is 1. The van der Waals surface area contributed by atoms with Crippen molar-refractivity contribution in [2.75, 3.05) is 0 Å². The maximum Gasteiger partial charge on any atom is 0.159 e. The van der Waals surface area contributed by atoms with Crippen LogP contribution >= 0.6 is 0 Å². The van der Waals surface area contributed by atoms with E-state index < -0.39 is 0 Å². The third-order valence-electron chi connectivity index (χ3n) is 10.2. The first kappa shape index (κ1) is 30.3. The molecule has 2 aromatic rings. The van der Waals surface area contributed by atoms with E-state index in [-0.39, 0.29) is 0 Å². The average molecular weight is 531 g/mol. The van der Waals surface area contributed by atoms with Gasteiger partial charge in [0.2, 0.25) is 0 Å². The summed E-state index contributed by atoms with van der Waals surface area (Å²) >= 11 is 0. The lowest BCUT2D eigenvalue weighted by Gasteiger charge is -2.38. The van der Waals surface area contributed by atoms with Crippen LogP contribution in [0, 0.1) is 17.8 Å². The number of unbranched alkanes of at least 4 members (excludes halogenated alkanes) is 9. The van der Waals surface area contributed by atoms with Crippen LogP contribution in [0.2, 0.25) is 0 Å². The molecule has 0 atom stereocenters. The van der Waals surface area contributed by atoms with Crippen molar-refractivity contribution in [1.29, 1.82) is 0 Å². The van der Waals surface area contributed by atoms with Gasteiger partial charge in [0, 0.05) is 18.0 Å². The van der Waals surface area contributed by atoms with Crippen molar-refractivity contribution in [1.82, 2.24) is 9.97 Å². The minimum Gasteiger partial charge on any atom is -0.236 e. The topological polar surface area (TPSA) is 25.8 Å². The van der Waals surface area contributed by atoms with Crippen LogP contribution in [0.25, 0.3) is 11.4 Å². The summed E-state index contributed by atoms with van der Waals surface area (Å²) in [7, 11) is 0. The normalized spacial score (nSPS) is 23.6. The fraction of sp³-hybridized carbons (Fsp3) is 0.730. The van der Waals surface area contributed by atoms with Crippen LogP contribution in [-0.4, -0.2) is 9.97 Å². The van der Waals surface area contributed by atoms with Gasteiger partial charge in [0.1, 0.15) is 0 Å². The molecule has 4 rings (SSSR count). The molecule has 2 heteroatoms. The van der Waals surface area contributed by atoms with Crippen molar-refractivity contribution in [2.24, 2.45) is 17.8 Å². The van der Waals surface area contributed by atoms with E-state index in [1.165, 1.54) is 140 Å². The Morgan fingerprint density at radius 3 is 1.74 bits per heavy atom. The number of hydrogen-bond acceptors (Lipinski definition) is 2. The zero-order valence-corrected chi connectivity index (χ0v) is 25.5. The highest BCUT2D eigenvalue weighted by Crippen LogP contribution is 2.44. The maximum atomic E-state index is 4.72. The Morgan fingerprint density at radius 1 is 0.590 bits per heavy atom. The van der Waals surface area contributed by atoms with E-state index in [2.05, 4.69) is 50.5 Å². The number of hydrogen-bond donors (Lipinski definition) is 0. The highest BCUT2D eigenvalue weighted by molar-refractivity contribution is 5.55. The summed E-state index contributed by atoms with van der Waals surface area (Å²) in [5, 5.41) is 0. The van der Waals surface area contributed by atoms with Crippen LogP contribution in [0.1, 0.15) is 159 Å². The molecule has 2 saturated carbocycles. The Bertz CT molecular complexity index is 886. The summed E-state index contributed by atoms with van der Waals surface area (Å²) in [6.07, 6.45) is 33.6. The first-order valence-electron chi connectivity index (χ1n) is 17.2. The second-order valence-corrected chi connectivity index (χ2v) is 13.2. The Morgan fingerprint density at radius 2 is 1.13 bits per heavy atom. The standard InChI is InChI=1S/C37H58N2/c1-3-5-7-8-9-10-11-13-15-31-28-38-37(39-29-31)36-26-24-35(25-27-36)34-22-20-33(21-23-34)32-18-16-30(17-19-32)14-12-6-4-2/h24-30,32-34H,3-23H2,1-2H3/t30-,32-,33-,34-. The summed E-state index contributed by atoms with van der Waals surface area (Å²) in [5.41, 5.74) is 3.97. The third kappa shape index (κ3) is 10.0. The zero-order chi connectivity index (χ0) is 27.1. The monoisotopic (exact) mass is 530 g/mol. The van der Waals surface area contributed by atoms with Gasteiger partial charge in [-0.3, -0.25) is 0 Å². The summed E-state index contributed by atoms with van der Waals surface area (Å²) < 4.78 is 0. The largest absolute Gasteiger partial charge is 0.236 e. The molecule has 0 spiro atoms. The van der Waals surface area contributed by atoms with Crippen molar-refractivity contribution in [3.8, 4) is 11.4 Å². The second-order valence-electron chi connectivity index (χ2n) is 13.2. The van der Waals surface area contributed by atoms with Crippen molar-refractivity contribution in [3.05, 3.63) is 47.8 Å². The summed E-state index contributed by atoms with van der Waals surface area (Å²) in [4.78, 5) is 9.43. The molecule has 2 aliphatic carbocycles. The molecule has 1 aromatic carbocycles. The van der Waals surface area contributed by atoms with Crippen molar-refractivity contribution in [3.63, 3.8) is 0 Å². The average Bonchev–Trinajstić information content (AvgIpc) is 3.00. The van der Waals surface area contributed by atoms with Crippen LogP contribution in [0.4, 0.5) is 0 Å². The molecule has 2 aliphatic rings. The van der Waals surface area contributed by atoms with Gasteiger partial charge in [-0.15, -0.1) is 0 Å². The SMILES string of the molecule is CCCCCCCCCCc1cnc(-c2ccc([C@H]3CC[C@H]([C@H]4CC[C@H](CCCCC)CC4)CC3)cc2)nc1. The van der Waals surface area contributed by atoms with E-state index >= 15 is 0 Å². The molecule has 0 radical (unpaired) electrons. The first-order valence-corrected chi connectivity index (χ1v) is 17.2. The minimum absolute atomic E-state index is 0.746. The predicted octanol–water partition coefficient (Wildman–Crippen LogP) is 11.5. The third-order valence-corrected chi connectivity index (χ3v) is 10.2. The van der Waals surface area contributed by atoms with Gasteiger partial charge in [0.15, 0.2) is 5.82 Å². The van der Waals surface area contributed by atoms with Crippen LogP contribution in [0.5, 0.6) is 0 Å². The molecule has 1 aromatic heterocycles. The second kappa shape index (κ2) is 17.2. The highest BCUT2D eigenvalue weighted by Gasteiger charge is 2.31. The number of benzene rings is 1. The number of rotatable bonds is 16. The smallest absolute Gasteiger partial charge is 0.159 e. The molecule has 2 nitrogen and oxygen atoms in total. The van der Waals surface area contributed by atoms with Gasteiger partial charge in [-0.05, 0) is 86.2 Å². The van der Waals surface area contributed by atoms with Crippen LogP contribution in [0.15, 0.2) is 36.7 Å². The van der Waals surface area contributed by atoms with Gasteiger partial charge >= 0.3 is 0 Å². The quantitative estimate of drug-likeness (QED) is 0.202. The zero-order valence-electron chi connectivity index (χ0n) is 25.5. The Labute approximate surface area is 241 Å². The molecule has 216 valence electrons. The predicted molar refractivity (Wildman–Crippen MR) is 168 cm³/mol. The van der Waals surface area contributed by atoms with Gasteiger partial charge in [-0.25, -0.2) is 9.97 Å². The van der Waals surface area contributed by atoms with Gasteiger partial charge in [0.05, 0.1) is 0 Å². The molecule has 2 fully saturated rings. The molecular formula is C37H58N2. The van der Waals surface area contributed by atoms with Gasteiger partial charge < -0.3 is 0 Å². The fourth-order valence-corrected chi connectivity index (χ4v) is 7.56. The molecule has 0 aliphatic heterocycles. The lowest BCUT2D eigenvalue weighted by atomic mass is 9.68.